The highest BCUT2D eigenvalue weighted by atomic mass is 16.3. The number of fused-ring (bicyclic) bond motifs is 1. The minimum atomic E-state index is -0.182. The fraction of sp³-hybridized carbons (Fsp3) is 0.235. The van der Waals surface area contributed by atoms with Crippen LogP contribution >= 0.6 is 0 Å². The van der Waals surface area contributed by atoms with Crippen molar-refractivity contribution in [2.75, 3.05) is 28.6 Å². The molecule has 5 aromatic rings. The van der Waals surface area contributed by atoms with Crippen LogP contribution < -0.4 is 15.5 Å². The number of aromatic hydroxyl groups is 1. The maximum atomic E-state index is 13.3. The van der Waals surface area contributed by atoms with E-state index in [9.17, 15) is 9.90 Å². The standard InChI is InChI=1S/C34H34N6O2/c1-22(2)37-34-36-21-26-18-29(30(20-31(26)39-34)24-9-7-11-28(41)17-24)23-8-6-10-27(16-23)38-33(42)25-12-13-35-32(19-25)40-14-4-3-5-15-40/h6-13,16-22,41H,3-5,14-15H2,1-2H3,(H,38,42)(H,36,37,39). The number of nitrogens with zero attached hydrogens (tertiary/aromatic N) is 4. The highest BCUT2D eigenvalue weighted by Crippen LogP contribution is 2.37. The quantitative estimate of drug-likeness (QED) is 0.195. The van der Waals surface area contributed by atoms with Crippen LogP contribution in [-0.4, -0.2) is 45.1 Å². The van der Waals surface area contributed by atoms with Crippen molar-refractivity contribution in [3.05, 3.63) is 90.8 Å². The van der Waals surface area contributed by atoms with Crippen molar-refractivity contribution in [2.45, 2.75) is 39.2 Å². The Kier molecular flexibility index (Phi) is 7.68. The van der Waals surface area contributed by atoms with Crippen molar-refractivity contribution in [3.63, 3.8) is 0 Å². The minimum absolute atomic E-state index is 0.182. The Labute approximate surface area is 245 Å². The van der Waals surface area contributed by atoms with Gasteiger partial charge in [0.15, 0.2) is 0 Å². The van der Waals surface area contributed by atoms with E-state index in [0.717, 1.165) is 64.9 Å². The molecular weight excluding hydrogens is 524 g/mol. The molecule has 212 valence electrons. The summed E-state index contributed by atoms with van der Waals surface area (Å²) in [5.41, 5.74) is 5.68. The van der Waals surface area contributed by atoms with Crippen LogP contribution in [0.15, 0.2) is 85.2 Å². The van der Waals surface area contributed by atoms with Crippen molar-refractivity contribution in [2.24, 2.45) is 0 Å². The van der Waals surface area contributed by atoms with E-state index in [1.54, 1.807) is 24.4 Å². The van der Waals surface area contributed by atoms with Gasteiger partial charge in [-0.1, -0.05) is 24.3 Å². The lowest BCUT2D eigenvalue weighted by Gasteiger charge is -2.27. The molecule has 0 spiro atoms. The number of phenols is 1. The van der Waals surface area contributed by atoms with Crippen molar-refractivity contribution in [1.29, 1.82) is 0 Å². The number of piperidine rings is 1. The van der Waals surface area contributed by atoms with Gasteiger partial charge in [0.2, 0.25) is 5.95 Å². The third-order valence-electron chi connectivity index (χ3n) is 7.41. The number of hydrogen-bond acceptors (Lipinski definition) is 7. The number of anilines is 3. The summed E-state index contributed by atoms with van der Waals surface area (Å²) < 4.78 is 0. The Hall–Kier alpha value is -4.98. The van der Waals surface area contributed by atoms with Gasteiger partial charge in [-0.2, -0.15) is 0 Å². The van der Waals surface area contributed by atoms with Gasteiger partial charge in [0.1, 0.15) is 11.6 Å². The normalized spacial score (nSPS) is 13.4. The molecule has 6 rings (SSSR count). The first kappa shape index (κ1) is 27.2. The topological polar surface area (TPSA) is 103 Å². The second kappa shape index (κ2) is 11.9. The zero-order valence-electron chi connectivity index (χ0n) is 23.8. The number of pyridine rings is 1. The first-order valence-corrected chi connectivity index (χ1v) is 14.4. The Balaban J connectivity index is 1.35. The van der Waals surface area contributed by atoms with Crippen LogP contribution in [0, 0.1) is 0 Å². The van der Waals surface area contributed by atoms with Crippen molar-refractivity contribution < 1.29 is 9.90 Å². The molecular formula is C34H34N6O2. The molecule has 8 heteroatoms. The fourth-order valence-corrected chi connectivity index (χ4v) is 5.38. The summed E-state index contributed by atoms with van der Waals surface area (Å²) >= 11 is 0. The summed E-state index contributed by atoms with van der Waals surface area (Å²) in [6, 6.07) is 22.9. The smallest absolute Gasteiger partial charge is 0.255 e. The van der Waals surface area contributed by atoms with E-state index in [1.165, 1.54) is 6.42 Å². The van der Waals surface area contributed by atoms with Gasteiger partial charge >= 0.3 is 0 Å². The Morgan fingerprint density at radius 2 is 1.64 bits per heavy atom. The van der Waals surface area contributed by atoms with E-state index in [-0.39, 0.29) is 17.7 Å². The molecule has 1 aliphatic rings. The number of carbonyl (C=O) groups is 1. The van der Waals surface area contributed by atoms with Gasteiger partial charge in [-0.05, 0) is 104 Å². The zero-order valence-corrected chi connectivity index (χ0v) is 23.8. The number of nitrogens with one attached hydrogen (secondary N) is 2. The molecule has 42 heavy (non-hydrogen) atoms. The van der Waals surface area contributed by atoms with Crippen LogP contribution in [0.3, 0.4) is 0 Å². The molecule has 0 radical (unpaired) electrons. The highest BCUT2D eigenvalue weighted by Gasteiger charge is 2.16. The lowest BCUT2D eigenvalue weighted by Crippen LogP contribution is -2.30. The average Bonchev–Trinajstić information content (AvgIpc) is 3.01. The van der Waals surface area contributed by atoms with Gasteiger partial charge < -0.3 is 20.6 Å². The van der Waals surface area contributed by atoms with Gasteiger partial charge in [-0.25, -0.2) is 15.0 Å². The maximum absolute atomic E-state index is 13.3. The van der Waals surface area contributed by atoms with Crippen molar-refractivity contribution in [1.82, 2.24) is 15.0 Å². The van der Waals surface area contributed by atoms with E-state index < -0.39 is 0 Å². The van der Waals surface area contributed by atoms with Crippen LogP contribution in [0.25, 0.3) is 33.2 Å². The fourth-order valence-electron chi connectivity index (χ4n) is 5.38. The number of carbonyl (C=O) groups excluding carboxylic acids is 1. The number of phenolic OH excluding ortho intramolecular Hbond substituents is 1. The summed E-state index contributed by atoms with van der Waals surface area (Å²) in [5.74, 6) is 1.41. The van der Waals surface area contributed by atoms with E-state index >= 15 is 0 Å². The molecule has 3 heterocycles. The van der Waals surface area contributed by atoms with Crippen LogP contribution in [-0.2, 0) is 0 Å². The van der Waals surface area contributed by atoms with Gasteiger partial charge in [0.25, 0.3) is 5.91 Å². The first-order valence-electron chi connectivity index (χ1n) is 14.4. The van der Waals surface area contributed by atoms with E-state index in [4.69, 9.17) is 4.98 Å². The first-order chi connectivity index (χ1) is 20.4. The summed E-state index contributed by atoms with van der Waals surface area (Å²) in [6.07, 6.45) is 7.05. The molecule has 1 amide bonds. The molecule has 1 saturated heterocycles. The Morgan fingerprint density at radius 3 is 2.43 bits per heavy atom. The number of amides is 1. The van der Waals surface area contributed by atoms with Crippen LogP contribution in [0.1, 0.15) is 43.5 Å². The van der Waals surface area contributed by atoms with E-state index in [0.29, 0.717) is 17.2 Å². The maximum Gasteiger partial charge on any atom is 0.255 e. The minimum Gasteiger partial charge on any atom is -0.508 e. The van der Waals surface area contributed by atoms with Crippen molar-refractivity contribution in [3.8, 4) is 28.0 Å². The molecule has 0 unspecified atom stereocenters. The van der Waals surface area contributed by atoms with Gasteiger partial charge in [-0.15, -0.1) is 0 Å². The number of aromatic nitrogens is 3. The van der Waals surface area contributed by atoms with Crippen LogP contribution in [0.5, 0.6) is 5.75 Å². The molecule has 0 saturated carbocycles. The third-order valence-corrected chi connectivity index (χ3v) is 7.41. The van der Waals surface area contributed by atoms with E-state index in [2.05, 4.69) is 31.6 Å². The monoisotopic (exact) mass is 558 g/mol. The molecule has 1 aliphatic heterocycles. The Morgan fingerprint density at radius 1 is 0.881 bits per heavy atom. The molecule has 1 fully saturated rings. The third kappa shape index (κ3) is 6.02. The number of rotatable bonds is 7. The second-order valence-electron chi connectivity index (χ2n) is 11.0. The number of hydrogen-bond donors (Lipinski definition) is 3. The van der Waals surface area contributed by atoms with Crippen LogP contribution in [0.4, 0.5) is 17.5 Å². The molecule has 3 aromatic carbocycles. The van der Waals surface area contributed by atoms with Crippen LogP contribution in [0.2, 0.25) is 0 Å². The Bertz CT molecular complexity index is 1750. The molecule has 8 nitrogen and oxygen atoms in total. The molecule has 2 aromatic heterocycles. The molecule has 0 bridgehead atoms. The van der Waals surface area contributed by atoms with Gasteiger partial charge in [0.05, 0.1) is 5.52 Å². The second-order valence-corrected chi connectivity index (χ2v) is 11.0. The SMILES string of the molecule is CC(C)Nc1ncc2cc(-c3cccc(NC(=O)c4ccnc(N5CCCCC5)c4)c3)c(-c3cccc(O)c3)cc2n1. The lowest BCUT2D eigenvalue weighted by molar-refractivity contribution is 0.102. The lowest BCUT2D eigenvalue weighted by atomic mass is 9.92. The molecule has 3 N–H and O–H groups in total. The number of benzene rings is 3. The van der Waals surface area contributed by atoms with Gasteiger partial charge in [0, 0.05) is 48.2 Å². The summed E-state index contributed by atoms with van der Waals surface area (Å²) in [5, 5.41) is 17.5. The molecule has 0 atom stereocenters. The van der Waals surface area contributed by atoms with Gasteiger partial charge in [-0.3, -0.25) is 4.79 Å². The largest absolute Gasteiger partial charge is 0.508 e. The molecule has 0 aliphatic carbocycles. The summed E-state index contributed by atoms with van der Waals surface area (Å²) in [6.45, 7) is 6.02. The zero-order chi connectivity index (χ0) is 29.1. The van der Waals surface area contributed by atoms with E-state index in [1.807, 2.05) is 68.6 Å². The summed E-state index contributed by atoms with van der Waals surface area (Å²) in [4.78, 5) is 29.3. The average molecular weight is 559 g/mol. The predicted octanol–water partition coefficient (Wildman–Crippen LogP) is 7.13. The summed E-state index contributed by atoms with van der Waals surface area (Å²) in [7, 11) is 0. The predicted molar refractivity (Wildman–Crippen MR) is 169 cm³/mol. The highest BCUT2D eigenvalue weighted by molar-refractivity contribution is 6.05. The van der Waals surface area contributed by atoms with Crippen molar-refractivity contribution >= 4 is 34.3 Å².